The van der Waals surface area contributed by atoms with Gasteiger partial charge in [0.1, 0.15) is 12.4 Å². The summed E-state index contributed by atoms with van der Waals surface area (Å²) in [6, 6.07) is 19.7. The van der Waals surface area contributed by atoms with Crippen LogP contribution in [0.1, 0.15) is 35.1 Å². The minimum atomic E-state index is 0.461. The zero-order valence-corrected chi connectivity index (χ0v) is 18.5. The van der Waals surface area contributed by atoms with Crippen molar-refractivity contribution in [2.45, 2.75) is 45.1 Å². The molecule has 5 heteroatoms. The maximum Gasteiger partial charge on any atom is 0.139 e. The number of hydrogen-bond donors (Lipinski definition) is 1. The molecule has 1 aromatic heterocycles. The Bertz CT molecular complexity index is 1020. The smallest absolute Gasteiger partial charge is 0.139 e. The van der Waals surface area contributed by atoms with Crippen molar-refractivity contribution in [1.29, 1.82) is 0 Å². The third-order valence-electron chi connectivity index (χ3n) is 6.34. The number of aromatic nitrogens is 1. The maximum atomic E-state index is 6.02. The summed E-state index contributed by atoms with van der Waals surface area (Å²) in [5.41, 5.74) is 6.35. The van der Waals surface area contributed by atoms with Crippen LogP contribution >= 0.6 is 0 Å². The van der Waals surface area contributed by atoms with Crippen LogP contribution in [0.2, 0.25) is 0 Å². The summed E-state index contributed by atoms with van der Waals surface area (Å²) in [6.07, 6.45) is 7.22. The van der Waals surface area contributed by atoms with E-state index in [1.165, 1.54) is 35.1 Å². The number of ether oxygens (including phenoxy) is 2. The summed E-state index contributed by atoms with van der Waals surface area (Å²) in [7, 11) is 0. The summed E-state index contributed by atoms with van der Waals surface area (Å²) in [5.74, 6) is 0.852. The van der Waals surface area contributed by atoms with Gasteiger partial charge in [-0.3, -0.25) is 4.98 Å². The van der Waals surface area contributed by atoms with Crippen molar-refractivity contribution in [3.63, 3.8) is 0 Å². The quantitative estimate of drug-likeness (QED) is 0.572. The molecular formula is C27H31N3O2. The van der Waals surface area contributed by atoms with Gasteiger partial charge in [-0.2, -0.15) is 0 Å². The number of hydrogen-bond acceptors (Lipinski definition) is 5. The lowest BCUT2D eigenvalue weighted by Crippen LogP contribution is -2.30. The molecule has 2 aliphatic heterocycles. The molecule has 1 saturated heterocycles. The van der Waals surface area contributed by atoms with E-state index in [1.807, 2.05) is 30.6 Å². The van der Waals surface area contributed by atoms with E-state index in [9.17, 15) is 0 Å². The Balaban J connectivity index is 1.20. The summed E-state index contributed by atoms with van der Waals surface area (Å²) in [5, 5.41) is 3.48. The van der Waals surface area contributed by atoms with Gasteiger partial charge in [0, 0.05) is 25.2 Å². The highest BCUT2D eigenvalue weighted by molar-refractivity contribution is 5.51. The molecule has 0 bridgehead atoms. The fourth-order valence-corrected chi connectivity index (χ4v) is 4.54. The molecule has 1 atom stereocenters. The molecule has 3 heterocycles. The summed E-state index contributed by atoms with van der Waals surface area (Å²) in [6.45, 7) is 4.95. The Labute approximate surface area is 190 Å². The molecule has 0 unspecified atom stereocenters. The number of anilines is 1. The van der Waals surface area contributed by atoms with Crippen LogP contribution in [0, 0.1) is 0 Å². The predicted octanol–water partition coefficient (Wildman–Crippen LogP) is 4.49. The Morgan fingerprint density at radius 2 is 1.88 bits per heavy atom. The molecule has 0 saturated carbocycles. The molecule has 2 aliphatic rings. The van der Waals surface area contributed by atoms with Gasteiger partial charge in [0.2, 0.25) is 0 Å². The van der Waals surface area contributed by atoms with E-state index in [2.05, 4.69) is 51.6 Å². The fourth-order valence-electron chi connectivity index (χ4n) is 4.54. The minimum Gasteiger partial charge on any atom is -0.490 e. The van der Waals surface area contributed by atoms with Crippen LogP contribution in [0.25, 0.3) is 0 Å². The lowest BCUT2D eigenvalue weighted by molar-refractivity contribution is 0.107. The van der Waals surface area contributed by atoms with Gasteiger partial charge in [-0.1, -0.05) is 48.5 Å². The molecule has 0 amide bonds. The molecule has 32 heavy (non-hydrogen) atoms. The first kappa shape index (κ1) is 21.0. The Morgan fingerprint density at radius 3 is 2.75 bits per heavy atom. The van der Waals surface area contributed by atoms with E-state index in [0.717, 1.165) is 37.5 Å². The van der Waals surface area contributed by atoms with Crippen LogP contribution in [0.3, 0.4) is 0 Å². The van der Waals surface area contributed by atoms with E-state index in [0.29, 0.717) is 25.9 Å². The van der Waals surface area contributed by atoms with E-state index < -0.39 is 0 Å². The summed E-state index contributed by atoms with van der Waals surface area (Å²) >= 11 is 0. The zero-order chi connectivity index (χ0) is 21.6. The summed E-state index contributed by atoms with van der Waals surface area (Å²) in [4.78, 5) is 6.83. The molecule has 5 rings (SSSR count). The molecule has 1 N–H and O–H groups in total. The van der Waals surface area contributed by atoms with Gasteiger partial charge in [0.25, 0.3) is 0 Å². The fraction of sp³-hybridized carbons (Fsp3) is 0.370. The van der Waals surface area contributed by atoms with Gasteiger partial charge < -0.3 is 19.7 Å². The first-order valence-corrected chi connectivity index (χ1v) is 11.6. The van der Waals surface area contributed by atoms with Gasteiger partial charge in [0.05, 0.1) is 31.3 Å². The Kier molecular flexibility index (Phi) is 6.66. The Morgan fingerprint density at radius 1 is 0.969 bits per heavy atom. The van der Waals surface area contributed by atoms with Gasteiger partial charge in [0.15, 0.2) is 0 Å². The van der Waals surface area contributed by atoms with Gasteiger partial charge in [-0.05, 0) is 48.1 Å². The van der Waals surface area contributed by atoms with Crippen molar-refractivity contribution in [2.75, 3.05) is 24.6 Å². The van der Waals surface area contributed by atoms with Crippen LogP contribution in [0.5, 0.6) is 5.75 Å². The van der Waals surface area contributed by atoms with Crippen molar-refractivity contribution in [1.82, 2.24) is 10.3 Å². The molecule has 0 radical (unpaired) electrons. The molecular weight excluding hydrogens is 398 g/mol. The van der Waals surface area contributed by atoms with Crippen LogP contribution in [-0.4, -0.2) is 30.7 Å². The third kappa shape index (κ3) is 5.29. The highest BCUT2D eigenvalue weighted by Crippen LogP contribution is 2.27. The number of pyridine rings is 1. The SMILES string of the molecule is c1ccc(COCc2ccc3c(c2)CN(c2cncc(OC[C@@H]4CCCN4)c2)CC3)cc1. The molecule has 166 valence electrons. The number of rotatable bonds is 8. The number of nitrogens with zero attached hydrogens (tertiary/aromatic N) is 2. The third-order valence-corrected chi connectivity index (χ3v) is 6.34. The number of nitrogens with one attached hydrogen (secondary N) is 1. The van der Waals surface area contributed by atoms with Crippen molar-refractivity contribution in [3.05, 3.63) is 89.2 Å². The molecule has 2 aromatic carbocycles. The van der Waals surface area contributed by atoms with Crippen LogP contribution < -0.4 is 15.0 Å². The molecule has 0 aliphatic carbocycles. The van der Waals surface area contributed by atoms with Crippen molar-refractivity contribution in [2.24, 2.45) is 0 Å². The topological polar surface area (TPSA) is 46.6 Å². The first-order valence-electron chi connectivity index (χ1n) is 11.6. The van der Waals surface area contributed by atoms with E-state index in [4.69, 9.17) is 9.47 Å². The molecule has 1 fully saturated rings. The second-order valence-corrected chi connectivity index (χ2v) is 8.74. The van der Waals surface area contributed by atoms with Crippen molar-refractivity contribution < 1.29 is 9.47 Å². The monoisotopic (exact) mass is 429 g/mol. The predicted molar refractivity (Wildman–Crippen MR) is 127 cm³/mol. The van der Waals surface area contributed by atoms with Gasteiger partial charge >= 0.3 is 0 Å². The van der Waals surface area contributed by atoms with Crippen molar-refractivity contribution in [3.8, 4) is 5.75 Å². The molecule has 3 aromatic rings. The van der Waals surface area contributed by atoms with Crippen LogP contribution in [0.15, 0.2) is 67.0 Å². The maximum absolute atomic E-state index is 6.02. The lowest BCUT2D eigenvalue weighted by Gasteiger charge is -2.31. The average molecular weight is 430 g/mol. The number of fused-ring (bicyclic) bond motifs is 1. The molecule has 0 spiro atoms. The van der Waals surface area contributed by atoms with Crippen LogP contribution in [0.4, 0.5) is 5.69 Å². The first-order chi connectivity index (χ1) is 15.8. The summed E-state index contributed by atoms with van der Waals surface area (Å²) < 4.78 is 12.0. The van der Waals surface area contributed by atoms with Gasteiger partial charge in [-0.25, -0.2) is 0 Å². The normalized spacial score (nSPS) is 17.9. The molecule has 5 nitrogen and oxygen atoms in total. The van der Waals surface area contributed by atoms with Crippen LogP contribution in [-0.2, 0) is 30.9 Å². The van der Waals surface area contributed by atoms with E-state index in [-0.39, 0.29) is 0 Å². The zero-order valence-electron chi connectivity index (χ0n) is 18.5. The highest BCUT2D eigenvalue weighted by atomic mass is 16.5. The van der Waals surface area contributed by atoms with Gasteiger partial charge in [-0.15, -0.1) is 0 Å². The minimum absolute atomic E-state index is 0.461. The average Bonchev–Trinajstić information content (AvgIpc) is 3.37. The largest absolute Gasteiger partial charge is 0.490 e. The lowest BCUT2D eigenvalue weighted by atomic mass is 9.97. The van der Waals surface area contributed by atoms with E-state index in [1.54, 1.807) is 0 Å². The number of benzene rings is 2. The second kappa shape index (κ2) is 10.2. The standard InChI is InChI=1S/C27H31N3O2/c1-2-5-21(6-3-1)18-31-19-22-8-9-23-10-12-30(17-24(23)13-22)26-14-27(16-28-15-26)32-20-25-7-4-11-29-25/h1-3,5-6,8-9,13-16,25,29H,4,7,10-12,17-20H2/t25-/m0/s1. The Hall–Kier alpha value is -2.89. The van der Waals surface area contributed by atoms with Crippen molar-refractivity contribution >= 4 is 5.69 Å². The second-order valence-electron chi connectivity index (χ2n) is 8.74. The highest BCUT2D eigenvalue weighted by Gasteiger charge is 2.19. The van der Waals surface area contributed by atoms with E-state index >= 15 is 0 Å².